The summed E-state index contributed by atoms with van der Waals surface area (Å²) in [4.78, 5) is 25.6. The minimum atomic E-state index is -0.958. The molecule has 1 heterocycles. The highest BCUT2D eigenvalue weighted by molar-refractivity contribution is 5.98. The van der Waals surface area contributed by atoms with Crippen molar-refractivity contribution in [1.82, 2.24) is 4.90 Å². The van der Waals surface area contributed by atoms with Crippen LogP contribution >= 0.6 is 0 Å². The first-order valence-electron chi connectivity index (χ1n) is 10.8. The van der Waals surface area contributed by atoms with Crippen molar-refractivity contribution in [2.24, 2.45) is 0 Å². The summed E-state index contributed by atoms with van der Waals surface area (Å²) in [5, 5.41) is 11.5. The van der Waals surface area contributed by atoms with Gasteiger partial charge >= 0.3 is 5.97 Å². The molecule has 4 aromatic carbocycles. The molecule has 1 N–H and O–H groups in total. The molecule has 0 atom stereocenters. The van der Waals surface area contributed by atoms with E-state index < -0.39 is 5.97 Å². The van der Waals surface area contributed by atoms with E-state index in [1.54, 1.807) is 29.2 Å². The number of amides is 1. The van der Waals surface area contributed by atoms with Crippen LogP contribution in [0.25, 0.3) is 10.8 Å². The van der Waals surface area contributed by atoms with Gasteiger partial charge in [0.15, 0.2) is 0 Å². The van der Waals surface area contributed by atoms with E-state index in [0.29, 0.717) is 25.1 Å². The van der Waals surface area contributed by atoms with Crippen molar-refractivity contribution in [2.45, 2.75) is 19.5 Å². The summed E-state index contributed by atoms with van der Waals surface area (Å²) >= 11 is 0. The molecule has 0 fully saturated rings. The number of carbonyl (C=O) groups excluding carboxylic acids is 1. The average molecular weight is 431 g/mol. The Balaban J connectivity index is 1.27. The summed E-state index contributed by atoms with van der Waals surface area (Å²) in [6, 6.07) is 27.1. The number of hydrogen-bond acceptors (Lipinski definition) is 2. The van der Waals surface area contributed by atoms with Crippen LogP contribution in [0.5, 0.6) is 0 Å². The molecular weight excluding hydrogens is 410 g/mol. The topological polar surface area (TPSA) is 57.6 Å². The van der Waals surface area contributed by atoms with Gasteiger partial charge in [0.05, 0.1) is 5.56 Å². The maximum atomic E-state index is 12.8. The van der Waals surface area contributed by atoms with Gasteiger partial charge in [-0.05, 0) is 57.8 Å². The lowest BCUT2D eigenvalue weighted by Gasteiger charge is -2.15. The molecule has 0 spiro atoms. The Labute approximate surface area is 192 Å². The molecule has 5 rings (SSSR count). The van der Waals surface area contributed by atoms with E-state index in [4.69, 9.17) is 5.11 Å². The predicted molar refractivity (Wildman–Crippen MR) is 128 cm³/mol. The average Bonchev–Trinajstić information content (AvgIpc) is 3.13. The van der Waals surface area contributed by atoms with Gasteiger partial charge in [0.25, 0.3) is 5.91 Å². The van der Waals surface area contributed by atoms with Gasteiger partial charge in [-0.1, -0.05) is 66.4 Å². The highest BCUT2D eigenvalue weighted by Gasteiger charge is 2.27. The number of carboxylic acid groups (broad SMARTS) is 1. The van der Waals surface area contributed by atoms with Gasteiger partial charge in [0, 0.05) is 30.6 Å². The van der Waals surface area contributed by atoms with Crippen LogP contribution in [-0.4, -0.2) is 21.9 Å². The molecule has 0 aromatic heterocycles. The molecule has 33 heavy (non-hydrogen) atoms. The van der Waals surface area contributed by atoms with Crippen LogP contribution < -0.4 is 0 Å². The second kappa shape index (κ2) is 8.64. The molecule has 4 nitrogen and oxygen atoms in total. The number of carboxylic acids is 1. The van der Waals surface area contributed by atoms with Crippen LogP contribution in [-0.2, 0) is 19.5 Å². The number of benzene rings is 4. The standard InChI is InChI=1S/C29H21NO3/c31-28-27-15-11-21(5-3-4-20-8-12-23-6-1-2-7-25(23)16-20)17-26(27)19-30(28)18-22-9-13-24(14-10-22)29(32)33/h1-2,6-17H,4,18-19H2,(H,32,33). The molecule has 160 valence electrons. The second-order valence-corrected chi connectivity index (χ2v) is 8.20. The van der Waals surface area contributed by atoms with Gasteiger partial charge in [-0.2, -0.15) is 0 Å². The normalized spacial score (nSPS) is 12.4. The van der Waals surface area contributed by atoms with Gasteiger partial charge in [0.1, 0.15) is 0 Å². The number of carbonyl (C=O) groups is 2. The van der Waals surface area contributed by atoms with E-state index in [0.717, 1.165) is 16.7 Å². The van der Waals surface area contributed by atoms with Crippen LogP contribution in [0, 0.1) is 11.8 Å². The van der Waals surface area contributed by atoms with E-state index in [1.807, 2.05) is 30.3 Å². The summed E-state index contributed by atoms with van der Waals surface area (Å²) in [6.07, 6.45) is 0.666. The van der Waals surface area contributed by atoms with Crippen molar-refractivity contribution in [3.63, 3.8) is 0 Å². The lowest BCUT2D eigenvalue weighted by Crippen LogP contribution is -2.23. The fraction of sp³-hybridized carbons (Fsp3) is 0.103. The van der Waals surface area contributed by atoms with Gasteiger partial charge in [-0.15, -0.1) is 0 Å². The van der Waals surface area contributed by atoms with Crippen LogP contribution in [0.3, 0.4) is 0 Å². The number of rotatable bonds is 4. The SMILES string of the molecule is O=C(O)c1ccc(CN2Cc3cc(C#CCc4ccc5ccccc5c4)ccc3C2=O)cc1. The predicted octanol–water partition coefficient (Wildman–Crippen LogP) is 5.29. The zero-order chi connectivity index (χ0) is 22.8. The molecule has 0 saturated carbocycles. The monoisotopic (exact) mass is 431 g/mol. The van der Waals surface area contributed by atoms with E-state index in [2.05, 4.69) is 42.2 Å². The van der Waals surface area contributed by atoms with E-state index >= 15 is 0 Å². The minimum absolute atomic E-state index is 0.0111. The van der Waals surface area contributed by atoms with Gasteiger partial charge in [-0.3, -0.25) is 4.79 Å². The van der Waals surface area contributed by atoms with Crippen molar-refractivity contribution in [3.05, 3.63) is 118 Å². The third-order valence-corrected chi connectivity index (χ3v) is 5.90. The molecule has 1 aliphatic heterocycles. The minimum Gasteiger partial charge on any atom is -0.478 e. The Hall–Kier alpha value is -4.36. The summed E-state index contributed by atoms with van der Waals surface area (Å²) < 4.78 is 0. The van der Waals surface area contributed by atoms with Crippen LogP contribution in [0.15, 0.2) is 84.9 Å². The highest BCUT2D eigenvalue weighted by atomic mass is 16.4. The molecule has 0 aliphatic carbocycles. The third-order valence-electron chi connectivity index (χ3n) is 5.90. The Morgan fingerprint density at radius 3 is 2.42 bits per heavy atom. The van der Waals surface area contributed by atoms with Crippen molar-refractivity contribution in [2.75, 3.05) is 0 Å². The zero-order valence-electron chi connectivity index (χ0n) is 17.9. The van der Waals surface area contributed by atoms with Crippen LogP contribution in [0.4, 0.5) is 0 Å². The van der Waals surface area contributed by atoms with Crippen LogP contribution in [0.2, 0.25) is 0 Å². The van der Waals surface area contributed by atoms with E-state index in [1.165, 1.54) is 16.3 Å². The first-order chi connectivity index (χ1) is 16.1. The smallest absolute Gasteiger partial charge is 0.335 e. The fourth-order valence-electron chi connectivity index (χ4n) is 4.16. The summed E-state index contributed by atoms with van der Waals surface area (Å²) in [7, 11) is 0. The lowest BCUT2D eigenvalue weighted by atomic mass is 10.0. The molecule has 4 heteroatoms. The molecule has 0 unspecified atom stereocenters. The Kier molecular flexibility index (Phi) is 5.38. The maximum absolute atomic E-state index is 12.8. The summed E-state index contributed by atoms with van der Waals surface area (Å²) in [5.41, 5.74) is 4.89. The Bertz CT molecular complexity index is 1440. The molecule has 4 aromatic rings. The Morgan fingerprint density at radius 2 is 1.64 bits per heavy atom. The number of fused-ring (bicyclic) bond motifs is 2. The molecule has 0 radical (unpaired) electrons. The van der Waals surface area contributed by atoms with Crippen molar-refractivity contribution < 1.29 is 14.7 Å². The second-order valence-electron chi connectivity index (χ2n) is 8.20. The van der Waals surface area contributed by atoms with Crippen molar-refractivity contribution >= 4 is 22.6 Å². The van der Waals surface area contributed by atoms with Gasteiger partial charge in [-0.25, -0.2) is 4.79 Å². The van der Waals surface area contributed by atoms with Crippen LogP contribution in [0.1, 0.15) is 43.0 Å². The highest BCUT2D eigenvalue weighted by Crippen LogP contribution is 2.25. The molecular formula is C29H21NO3. The number of aromatic carboxylic acids is 1. The fourth-order valence-corrected chi connectivity index (χ4v) is 4.16. The first kappa shape index (κ1) is 20.5. The molecule has 0 bridgehead atoms. The quantitative estimate of drug-likeness (QED) is 0.447. The molecule has 0 saturated heterocycles. The summed E-state index contributed by atoms with van der Waals surface area (Å²) in [5.74, 6) is 5.52. The Morgan fingerprint density at radius 1 is 0.879 bits per heavy atom. The lowest BCUT2D eigenvalue weighted by molar-refractivity contribution is 0.0695. The first-order valence-corrected chi connectivity index (χ1v) is 10.8. The summed E-state index contributed by atoms with van der Waals surface area (Å²) in [6.45, 7) is 0.964. The van der Waals surface area contributed by atoms with Crippen molar-refractivity contribution in [3.8, 4) is 11.8 Å². The number of hydrogen-bond donors (Lipinski definition) is 1. The molecule has 1 aliphatic rings. The number of nitrogens with zero attached hydrogens (tertiary/aromatic N) is 1. The largest absolute Gasteiger partial charge is 0.478 e. The van der Waals surface area contributed by atoms with Gasteiger partial charge in [0.2, 0.25) is 0 Å². The van der Waals surface area contributed by atoms with E-state index in [9.17, 15) is 9.59 Å². The maximum Gasteiger partial charge on any atom is 0.335 e. The zero-order valence-corrected chi connectivity index (χ0v) is 17.9. The van der Waals surface area contributed by atoms with Crippen molar-refractivity contribution in [1.29, 1.82) is 0 Å². The van der Waals surface area contributed by atoms with Gasteiger partial charge < -0.3 is 10.0 Å². The van der Waals surface area contributed by atoms with E-state index in [-0.39, 0.29) is 11.5 Å². The third kappa shape index (κ3) is 4.35. The molecule has 1 amide bonds.